The zero-order valence-electron chi connectivity index (χ0n) is 8.30. The molecular weight excluding hydrogens is 200 g/mol. The van der Waals surface area contributed by atoms with Crippen LogP contribution in [0.3, 0.4) is 0 Å². The minimum atomic E-state index is -0.981. The molecule has 0 saturated carbocycles. The van der Waals surface area contributed by atoms with E-state index in [9.17, 15) is 9.59 Å². The quantitative estimate of drug-likeness (QED) is 0.531. The molecule has 6 heteroatoms. The van der Waals surface area contributed by atoms with Crippen LogP contribution in [0, 0.1) is 0 Å². The number of carboxylic acids is 1. The number of carbonyl (C=O) groups is 2. The summed E-state index contributed by atoms with van der Waals surface area (Å²) in [4.78, 5) is 20.1. The summed E-state index contributed by atoms with van der Waals surface area (Å²) in [6.45, 7) is 6.87. The fourth-order valence-electron chi connectivity index (χ4n) is 0.949. The lowest BCUT2D eigenvalue weighted by Gasteiger charge is -2.22. The molecule has 0 atom stereocenters. The highest BCUT2D eigenvalue weighted by Gasteiger charge is 2.22. The number of nitrogens with zero attached hydrogens (tertiary/aromatic N) is 2. The molecule has 2 N–H and O–H groups in total. The van der Waals surface area contributed by atoms with Gasteiger partial charge in [-0.3, -0.25) is 10.0 Å². The monoisotopic (exact) mass is 214 g/mol. The molecular formula is C9H14N2O4. The number of rotatable bonds is 3. The maximum absolute atomic E-state index is 10.9. The molecule has 15 heavy (non-hydrogen) atoms. The van der Waals surface area contributed by atoms with Gasteiger partial charge in [0.1, 0.15) is 0 Å². The lowest BCUT2D eigenvalue weighted by atomic mass is 10.4. The van der Waals surface area contributed by atoms with Gasteiger partial charge >= 0.3 is 5.97 Å². The van der Waals surface area contributed by atoms with Crippen LogP contribution in [0.15, 0.2) is 25.4 Å². The van der Waals surface area contributed by atoms with Crippen molar-refractivity contribution in [3.8, 4) is 0 Å². The van der Waals surface area contributed by atoms with Gasteiger partial charge in [0.25, 0.3) is 0 Å². The molecule has 1 saturated heterocycles. The van der Waals surface area contributed by atoms with E-state index in [1.54, 1.807) is 0 Å². The molecule has 84 valence electrons. The highest BCUT2D eigenvalue weighted by Crippen LogP contribution is 2.10. The van der Waals surface area contributed by atoms with Crippen molar-refractivity contribution in [2.45, 2.75) is 12.8 Å². The van der Waals surface area contributed by atoms with Crippen LogP contribution in [0.5, 0.6) is 0 Å². The fraction of sp³-hybridized carbons (Fsp3) is 0.333. The molecule has 0 aliphatic carbocycles. The van der Waals surface area contributed by atoms with Gasteiger partial charge in [-0.15, -0.1) is 0 Å². The number of carboxylic acid groups (broad SMARTS) is 1. The van der Waals surface area contributed by atoms with Gasteiger partial charge in [-0.05, 0) is 6.42 Å². The van der Waals surface area contributed by atoms with E-state index in [1.165, 1.54) is 11.2 Å². The number of hydroxylamine groups is 1. The standard InChI is InChI=1S/C6H10N2O2.C3H4O2/c1-2-8(10)7-5-3-4-6(7)9;1-2-3(4)5/h2,10H,1,3-5H2;2H,1H2,(H,4,5). The van der Waals surface area contributed by atoms with E-state index < -0.39 is 5.97 Å². The third kappa shape index (κ3) is 4.82. The van der Waals surface area contributed by atoms with Gasteiger partial charge in [0.15, 0.2) is 0 Å². The predicted molar refractivity (Wildman–Crippen MR) is 52.6 cm³/mol. The Kier molecular flexibility index (Phi) is 5.81. The molecule has 0 unspecified atom stereocenters. The van der Waals surface area contributed by atoms with Crippen molar-refractivity contribution < 1.29 is 19.9 Å². The summed E-state index contributed by atoms with van der Waals surface area (Å²) in [5.74, 6) is -1.03. The SMILES string of the molecule is C=CC(=O)O.C=CN(O)N1CCCC1=O. The molecule has 1 aliphatic rings. The fourth-order valence-corrected chi connectivity index (χ4v) is 0.949. The van der Waals surface area contributed by atoms with Crippen LogP contribution in [0.25, 0.3) is 0 Å². The Bertz CT molecular complexity index is 265. The molecule has 1 rings (SSSR count). The van der Waals surface area contributed by atoms with Crippen LogP contribution in [0.4, 0.5) is 0 Å². The Balaban J connectivity index is 0.000000336. The van der Waals surface area contributed by atoms with Crippen LogP contribution in [0.2, 0.25) is 0 Å². The second kappa shape index (κ2) is 6.61. The van der Waals surface area contributed by atoms with Gasteiger partial charge in [-0.25, -0.2) is 9.80 Å². The van der Waals surface area contributed by atoms with Gasteiger partial charge in [-0.2, -0.15) is 5.17 Å². The van der Waals surface area contributed by atoms with E-state index in [-0.39, 0.29) is 5.91 Å². The molecule has 6 nitrogen and oxygen atoms in total. The average Bonchev–Trinajstić information content (AvgIpc) is 2.64. The summed E-state index contributed by atoms with van der Waals surface area (Å²) < 4.78 is 0. The molecule has 0 radical (unpaired) electrons. The third-order valence-electron chi connectivity index (χ3n) is 1.63. The number of carbonyl (C=O) groups excluding carboxylic acids is 1. The largest absolute Gasteiger partial charge is 0.478 e. The van der Waals surface area contributed by atoms with Crippen molar-refractivity contribution in [3.63, 3.8) is 0 Å². The Morgan fingerprint density at radius 3 is 2.33 bits per heavy atom. The molecule has 1 heterocycles. The van der Waals surface area contributed by atoms with E-state index in [2.05, 4.69) is 13.2 Å². The van der Waals surface area contributed by atoms with E-state index in [4.69, 9.17) is 10.3 Å². The number of hydrazine groups is 1. The van der Waals surface area contributed by atoms with Crippen LogP contribution in [0.1, 0.15) is 12.8 Å². The lowest BCUT2D eigenvalue weighted by molar-refractivity contribution is -0.202. The van der Waals surface area contributed by atoms with Crippen molar-refractivity contribution in [3.05, 3.63) is 25.4 Å². The first-order valence-corrected chi connectivity index (χ1v) is 4.29. The van der Waals surface area contributed by atoms with Crippen LogP contribution in [-0.2, 0) is 9.59 Å². The third-order valence-corrected chi connectivity index (χ3v) is 1.63. The van der Waals surface area contributed by atoms with Crippen molar-refractivity contribution >= 4 is 11.9 Å². The van der Waals surface area contributed by atoms with Gasteiger partial charge in [0, 0.05) is 25.2 Å². The second-order valence-electron chi connectivity index (χ2n) is 2.67. The molecule has 0 bridgehead atoms. The number of hydrogen-bond acceptors (Lipinski definition) is 4. The normalized spacial score (nSPS) is 13.9. The van der Waals surface area contributed by atoms with Crippen molar-refractivity contribution in [2.24, 2.45) is 0 Å². The number of hydrogen-bond donors (Lipinski definition) is 2. The Labute approximate surface area is 87.6 Å². The van der Waals surface area contributed by atoms with Gasteiger partial charge in [0.2, 0.25) is 5.91 Å². The first-order chi connectivity index (χ1) is 7.02. The summed E-state index contributed by atoms with van der Waals surface area (Å²) in [5, 5.41) is 18.5. The number of aliphatic carboxylic acids is 1. The number of amides is 1. The highest BCUT2D eigenvalue weighted by atomic mass is 16.6. The highest BCUT2D eigenvalue weighted by molar-refractivity contribution is 5.78. The zero-order chi connectivity index (χ0) is 11.8. The van der Waals surface area contributed by atoms with Crippen molar-refractivity contribution in [1.29, 1.82) is 0 Å². The van der Waals surface area contributed by atoms with E-state index in [1.807, 2.05) is 0 Å². The van der Waals surface area contributed by atoms with Crippen molar-refractivity contribution in [1.82, 2.24) is 10.2 Å². The van der Waals surface area contributed by atoms with E-state index in [0.29, 0.717) is 13.0 Å². The first kappa shape index (κ1) is 13.2. The summed E-state index contributed by atoms with van der Waals surface area (Å²) in [6.07, 6.45) is 3.36. The zero-order valence-corrected chi connectivity index (χ0v) is 8.30. The van der Waals surface area contributed by atoms with Gasteiger partial charge in [-0.1, -0.05) is 13.2 Å². The minimum absolute atomic E-state index is 0.0533. The summed E-state index contributed by atoms with van der Waals surface area (Å²) in [6, 6.07) is 0. The molecule has 0 aromatic carbocycles. The first-order valence-electron chi connectivity index (χ1n) is 4.29. The maximum Gasteiger partial charge on any atom is 0.327 e. The molecule has 0 spiro atoms. The molecule has 0 aromatic heterocycles. The van der Waals surface area contributed by atoms with Gasteiger partial charge < -0.3 is 5.11 Å². The van der Waals surface area contributed by atoms with E-state index in [0.717, 1.165) is 17.7 Å². The molecule has 1 amide bonds. The van der Waals surface area contributed by atoms with Crippen LogP contribution < -0.4 is 0 Å². The van der Waals surface area contributed by atoms with Gasteiger partial charge in [0.05, 0.1) is 0 Å². The molecule has 1 aliphatic heterocycles. The van der Waals surface area contributed by atoms with Crippen molar-refractivity contribution in [2.75, 3.05) is 6.54 Å². The summed E-state index contributed by atoms with van der Waals surface area (Å²) in [5.41, 5.74) is 0. The average molecular weight is 214 g/mol. The minimum Gasteiger partial charge on any atom is -0.478 e. The van der Waals surface area contributed by atoms with Crippen LogP contribution in [-0.4, -0.2) is 38.9 Å². The smallest absolute Gasteiger partial charge is 0.327 e. The second-order valence-corrected chi connectivity index (χ2v) is 2.67. The topological polar surface area (TPSA) is 81.1 Å². The Hall–Kier alpha value is -1.82. The predicted octanol–water partition coefficient (Wildman–Crippen LogP) is 0.615. The summed E-state index contributed by atoms with van der Waals surface area (Å²) >= 11 is 0. The Morgan fingerprint density at radius 2 is 2.07 bits per heavy atom. The summed E-state index contributed by atoms with van der Waals surface area (Å²) in [7, 11) is 0. The molecule has 0 aromatic rings. The Morgan fingerprint density at radius 1 is 1.53 bits per heavy atom. The maximum atomic E-state index is 10.9. The van der Waals surface area contributed by atoms with E-state index >= 15 is 0 Å². The van der Waals surface area contributed by atoms with Crippen LogP contribution >= 0.6 is 0 Å². The lowest BCUT2D eigenvalue weighted by Crippen LogP contribution is -2.37. The molecule has 1 fully saturated rings.